The third kappa shape index (κ3) is 54.6. The highest BCUT2D eigenvalue weighted by atomic mass is 19.1. The Morgan fingerprint density at radius 1 is 0.236 bits per heavy atom. The maximum Gasteiger partial charge on any atom is 0.126 e. The lowest BCUT2D eigenvalue weighted by atomic mass is 9.88. The van der Waals surface area contributed by atoms with Gasteiger partial charge >= 0.3 is 0 Å². The molecule has 0 spiro atoms. The Labute approximate surface area is 653 Å². The van der Waals surface area contributed by atoms with Gasteiger partial charge in [-0.1, -0.05) is 341 Å². The zero-order chi connectivity index (χ0) is 80.4. The Balaban J connectivity index is 0.000000606. The van der Waals surface area contributed by atoms with Gasteiger partial charge in [0.25, 0.3) is 0 Å². The maximum atomic E-state index is 13.2. The van der Waals surface area contributed by atoms with Crippen LogP contribution in [0.1, 0.15) is 279 Å². The second kappa shape index (κ2) is 48.5. The normalized spacial score (nSPS) is 11.6. The van der Waals surface area contributed by atoms with Crippen LogP contribution in [0.25, 0.3) is 0 Å². The van der Waals surface area contributed by atoms with Crippen molar-refractivity contribution in [2.45, 2.75) is 290 Å². The van der Waals surface area contributed by atoms with Crippen molar-refractivity contribution >= 4 is 0 Å². The van der Waals surface area contributed by atoms with E-state index in [4.69, 9.17) is 14.2 Å². The number of para-hydroxylation sites is 1. The first-order chi connectivity index (χ1) is 49.0. The highest BCUT2D eigenvalue weighted by molar-refractivity contribution is 5.34. The van der Waals surface area contributed by atoms with E-state index < -0.39 is 0 Å². The van der Waals surface area contributed by atoms with Crippen LogP contribution in [0.2, 0.25) is 0 Å². The molecular weight excluding hydrogens is 1290 g/mol. The molecule has 0 aromatic heterocycles. The summed E-state index contributed by atoms with van der Waals surface area (Å²) < 4.78 is 28.8. The molecule has 3 nitrogen and oxygen atoms in total. The molecule has 0 amide bonds. The fraction of sp³-hybridized carbons (Fsp3) is 0.529. The fourth-order valence-corrected chi connectivity index (χ4v) is 10.5. The van der Waals surface area contributed by atoms with Gasteiger partial charge in [-0.15, -0.1) is 0 Å². The lowest BCUT2D eigenvalue weighted by Crippen LogP contribution is -2.07. The van der Waals surface area contributed by atoms with Crippen LogP contribution in [0, 0.1) is 69.9 Å². The molecule has 0 aliphatic rings. The van der Waals surface area contributed by atoms with Gasteiger partial charge in [-0.2, -0.15) is 0 Å². The third-order valence-electron chi connectivity index (χ3n) is 18.0. The predicted molar refractivity (Wildman–Crippen MR) is 468 cm³/mol. The monoisotopic (exact) mass is 1450 g/mol. The molecule has 8 aromatic carbocycles. The Morgan fingerprint density at radius 2 is 0.547 bits per heavy atom. The molecule has 4 heteroatoms. The predicted octanol–water partition coefficient (Wildman–Crippen LogP) is 30.4. The van der Waals surface area contributed by atoms with E-state index in [1.807, 2.05) is 42.5 Å². The van der Waals surface area contributed by atoms with Gasteiger partial charge in [0.1, 0.15) is 23.1 Å². The van der Waals surface area contributed by atoms with E-state index in [0.717, 1.165) is 54.9 Å². The Hall–Kier alpha value is -6.91. The van der Waals surface area contributed by atoms with Crippen LogP contribution >= 0.6 is 0 Å². The molecule has 0 atom stereocenters. The van der Waals surface area contributed by atoms with E-state index in [1.165, 1.54) is 132 Å². The number of methoxy groups -OCH3 is 3. The Kier molecular flexibility index (Phi) is 44.4. The number of hydrogen-bond donors (Lipinski definition) is 0. The first-order valence-electron chi connectivity index (χ1n) is 39.9. The minimum absolute atomic E-state index is 0.0771. The summed E-state index contributed by atoms with van der Waals surface area (Å²) in [7, 11) is 5.14. The molecule has 106 heavy (non-hydrogen) atoms. The number of rotatable bonds is 19. The highest BCUT2D eigenvalue weighted by Crippen LogP contribution is 2.30. The van der Waals surface area contributed by atoms with E-state index in [9.17, 15) is 4.39 Å². The van der Waals surface area contributed by atoms with E-state index in [-0.39, 0.29) is 11.2 Å². The molecule has 0 unspecified atom stereocenters. The van der Waals surface area contributed by atoms with Gasteiger partial charge in [0.05, 0.1) is 21.3 Å². The van der Waals surface area contributed by atoms with Gasteiger partial charge in [0.15, 0.2) is 0 Å². The van der Waals surface area contributed by atoms with Crippen LogP contribution in [0.4, 0.5) is 4.39 Å². The topological polar surface area (TPSA) is 27.7 Å². The standard InChI is InChI=1S/3C13H20O.3C13H20.C12H17F.C12H18/c1-13(2,3)10-9-11-5-7-12(14-4)8-6-11;1-13(2,3)9-8-11-6-5-7-12(10-11)14-4;1-13(2,3)10-9-11-7-5-6-8-12(11)14-4;1-11-5-7-12(8-6-11)9-10-13(2,3)4;1-11-6-5-7-12(10-11)8-9-13(2,3)4;1-11-7-5-6-8-12(11)9-10-13(2,3)4;1-12(2,3)9-8-10-6-4-5-7-11(10)13;1-12(2,3)10-9-11-7-5-4-6-8-11/h5-8H,9-10H2,1-4H3;5-7,10H,8-9H2,1-4H3;5-8H,9-10H2,1-4H3;5-8H,9-10H2,1-4H3;5-7,10H,8-9H2,1-4H3;5-8H,9-10H2,1-4H3;4-7H,8-9H2,1-3H3;4-8H,9-10H2,1-3H3. The average Bonchev–Trinajstić information content (AvgIpc) is 0.928. The van der Waals surface area contributed by atoms with Gasteiger partial charge in [0, 0.05) is 0 Å². The summed E-state index contributed by atoms with van der Waals surface area (Å²) >= 11 is 0. The number of aryl methyl sites for hydroxylation is 11. The minimum Gasteiger partial charge on any atom is -0.497 e. The fourth-order valence-electron chi connectivity index (χ4n) is 10.5. The Bertz CT molecular complexity index is 3470. The van der Waals surface area contributed by atoms with Gasteiger partial charge in [-0.05, 0) is 253 Å². The second-order valence-electron chi connectivity index (χ2n) is 39.0. The van der Waals surface area contributed by atoms with Crippen LogP contribution in [0.15, 0.2) is 200 Å². The zero-order valence-corrected chi connectivity index (χ0v) is 73.5. The number of hydrogen-bond acceptors (Lipinski definition) is 3. The Morgan fingerprint density at radius 3 is 0.943 bits per heavy atom. The van der Waals surface area contributed by atoms with Crippen molar-refractivity contribution in [2.75, 3.05) is 21.3 Å². The van der Waals surface area contributed by atoms with E-state index in [2.05, 4.69) is 333 Å². The van der Waals surface area contributed by atoms with Crippen molar-refractivity contribution < 1.29 is 18.6 Å². The van der Waals surface area contributed by atoms with Crippen LogP contribution in [-0.4, -0.2) is 21.3 Å². The van der Waals surface area contributed by atoms with E-state index >= 15 is 0 Å². The van der Waals surface area contributed by atoms with Gasteiger partial charge in [-0.25, -0.2) is 4.39 Å². The molecule has 0 heterocycles. The summed E-state index contributed by atoms with van der Waals surface area (Å²) in [5, 5.41) is 0. The van der Waals surface area contributed by atoms with Crippen LogP contribution in [0.5, 0.6) is 17.2 Å². The average molecular weight is 1450 g/mol. The van der Waals surface area contributed by atoms with Gasteiger partial charge < -0.3 is 14.2 Å². The van der Waals surface area contributed by atoms with Gasteiger partial charge in [-0.3, -0.25) is 0 Å². The number of halogens is 1. The lowest BCUT2D eigenvalue weighted by Gasteiger charge is -2.18. The molecule has 8 rings (SSSR count). The molecule has 0 aliphatic carbocycles. The van der Waals surface area contributed by atoms with Crippen LogP contribution < -0.4 is 14.2 Å². The highest BCUT2D eigenvalue weighted by Gasteiger charge is 2.17. The second-order valence-corrected chi connectivity index (χ2v) is 39.0. The minimum atomic E-state index is -0.0771. The largest absolute Gasteiger partial charge is 0.497 e. The quantitative estimate of drug-likeness (QED) is 0.0808. The lowest BCUT2D eigenvalue weighted by molar-refractivity contribution is 0.369. The van der Waals surface area contributed by atoms with Gasteiger partial charge in [0.2, 0.25) is 0 Å². The molecule has 0 saturated carbocycles. The van der Waals surface area contributed by atoms with Crippen molar-refractivity contribution in [3.63, 3.8) is 0 Å². The van der Waals surface area contributed by atoms with Crippen molar-refractivity contribution in [2.24, 2.45) is 43.3 Å². The molecule has 0 fully saturated rings. The third-order valence-corrected chi connectivity index (χ3v) is 18.0. The molecule has 0 radical (unpaired) electrons. The molecule has 8 aromatic rings. The molecular formula is C102H155FO3. The molecule has 0 aliphatic heterocycles. The first-order valence-corrected chi connectivity index (χ1v) is 39.9. The molecule has 0 saturated heterocycles. The first kappa shape index (κ1) is 97.1. The van der Waals surface area contributed by atoms with Crippen molar-refractivity contribution in [3.8, 4) is 17.2 Å². The van der Waals surface area contributed by atoms with Crippen LogP contribution in [0.3, 0.4) is 0 Å². The molecule has 0 N–H and O–H groups in total. The van der Waals surface area contributed by atoms with Crippen molar-refractivity contribution in [1.82, 2.24) is 0 Å². The summed E-state index contributed by atoms with van der Waals surface area (Å²) in [6.45, 7) is 61.0. The van der Waals surface area contributed by atoms with Crippen molar-refractivity contribution in [1.29, 1.82) is 0 Å². The molecule has 588 valence electrons. The van der Waals surface area contributed by atoms with Crippen LogP contribution in [-0.2, 0) is 51.4 Å². The summed E-state index contributed by atoms with van der Waals surface area (Å²) in [4.78, 5) is 0. The number of ether oxygens (including phenoxy) is 3. The summed E-state index contributed by atoms with van der Waals surface area (Å²) in [5.74, 6) is 2.82. The maximum absolute atomic E-state index is 13.2. The SMILES string of the molecule is CC(C)(C)CCc1ccccc1.CC(C)(C)CCc1ccccc1F.COc1ccc(CCC(C)(C)C)cc1.COc1cccc(CCC(C)(C)C)c1.COc1ccccc1CCC(C)(C)C.Cc1ccc(CCC(C)(C)C)cc1.Cc1cccc(CCC(C)(C)C)c1.Cc1ccccc1CCC(C)(C)C. The molecule has 0 bridgehead atoms. The zero-order valence-electron chi connectivity index (χ0n) is 73.5. The number of benzene rings is 8. The smallest absolute Gasteiger partial charge is 0.126 e. The van der Waals surface area contributed by atoms with E-state index in [0.29, 0.717) is 37.9 Å². The van der Waals surface area contributed by atoms with E-state index in [1.54, 1.807) is 27.4 Å². The summed E-state index contributed by atoms with van der Waals surface area (Å²) in [6, 6.07) is 68.9. The summed E-state index contributed by atoms with van der Waals surface area (Å²) in [5.41, 5.74) is 18.2. The van der Waals surface area contributed by atoms with Crippen molar-refractivity contribution in [3.05, 3.63) is 267 Å². The summed E-state index contributed by atoms with van der Waals surface area (Å²) in [6.07, 6.45) is 18.7.